The van der Waals surface area contributed by atoms with Crippen molar-refractivity contribution in [1.82, 2.24) is 5.32 Å². The number of methoxy groups -OCH3 is 1. The Morgan fingerprint density at radius 2 is 2.25 bits per heavy atom. The van der Waals surface area contributed by atoms with Gasteiger partial charge in [0.25, 0.3) is 0 Å². The van der Waals surface area contributed by atoms with E-state index in [4.69, 9.17) is 4.74 Å². The van der Waals surface area contributed by atoms with E-state index < -0.39 is 0 Å². The molecule has 0 bridgehead atoms. The molecule has 0 spiro atoms. The molecule has 0 saturated heterocycles. The van der Waals surface area contributed by atoms with Gasteiger partial charge in [-0.05, 0) is 35.2 Å². The summed E-state index contributed by atoms with van der Waals surface area (Å²) in [6.45, 7) is 0.261. The van der Waals surface area contributed by atoms with Crippen molar-refractivity contribution in [2.75, 3.05) is 19.0 Å². The topological polar surface area (TPSA) is 50.4 Å². The summed E-state index contributed by atoms with van der Waals surface area (Å²) in [5.74, 6) is -0.326. The van der Waals surface area contributed by atoms with E-state index in [1.807, 2.05) is 17.5 Å². The van der Waals surface area contributed by atoms with E-state index in [1.54, 1.807) is 12.1 Å². The quantitative estimate of drug-likeness (QED) is 0.888. The monoisotopic (exact) mass is 294 g/mol. The lowest BCUT2D eigenvalue weighted by Gasteiger charge is -2.16. The van der Waals surface area contributed by atoms with Crippen molar-refractivity contribution < 1.29 is 13.9 Å². The number of anilines is 1. The number of hydrogen-bond acceptors (Lipinski definition) is 3. The van der Waals surface area contributed by atoms with Crippen molar-refractivity contribution in [1.29, 1.82) is 0 Å². The van der Waals surface area contributed by atoms with E-state index in [0.717, 1.165) is 5.00 Å². The number of thiophene rings is 1. The number of amides is 2. The molecule has 0 aliphatic carbocycles. The number of nitrogens with one attached hydrogen (secondary N) is 2. The first kappa shape index (κ1) is 14.5. The molecule has 1 atom stereocenters. The van der Waals surface area contributed by atoms with E-state index >= 15 is 0 Å². The number of rotatable bonds is 5. The summed E-state index contributed by atoms with van der Waals surface area (Å²) >= 11 is 1.44. The van der Waals surface area contributed by atoms with Crippen LogP contribution in [0.25, 0.3) is 0 Å². The summed E-state index contributed by atoms with van der Waals surface area (Å²) in [6, 6.07) is 9.49. The summed E-state index contributed by atoms with van der Waals surface area (Å²) in [5, 5.41) is 8.04. The first-order chi connectivity index (χ1) is 9.69. The minimum Gasteiger partial charge on any atom is -0.375 e. The Bertz CT molecular complexity index is 560. The molecule has 0 saturated carbocycles. The van der Waals surface area contributed by atoms with Gasteiger partial charge in [-0.1, -0.05) is 12.1 Å². The minimum atomic E-state index is -0.389. The van der Waals surface area contributed by atoms with Gasteiger partial charge >= 0.3 is 6.03 Å². The second-order valence-corrected chi connectivity index (χ2v) is 5.04. The van der Waals surface area contributed by atoms with Gasteiger partial charge < -0.3 is 10.1 Å². The van der Waals surface area contributed by atoms with Gasteiger partial charge in [-0.25, -0.2) is 9.18 Å². The predicted octanol–water partition coefficient (Wildman–Crippen LogP) is 3.40. The van der Waals surface area contributed by atoms with E-state index in [9.17, 15) is 9.18 Å². The standard InChI is InChI=1S/C14H15FN2O2S/c1-19-12(10-4-2-5-11(15)8-10)9-16-14(18)17-13-6-3-7-20-13/h2-8,12H,9H2,1H3,(H2,16,17,18)/t12-/m1/s1. The van der Waals surface area contributed by atoms with Crippen LogP contribution in [0.5, 0.6) is 0 Å². The van der Waals surface area contributed by atoms with E-state index in [-0.39, 0.29) is 24.5 Å². The van der Waals surface area contributed by atoms with Gasteiger partial charge in [-0.2, -0.15) is 0 Å². The molecule has 106 valence electrons. The smallest absolute Gasteiger partial charge is 0.319 e. The normalized spacial score (nSPS) is 11.9. The first-order valence-electron chi connectivity index (χ1n) is 6.05. The molecule has 2 N–H and O–H groups in total. The molecule has 0 aliphatic rings. The zero-order valence-corrected chi connectivity index (χ0v) is 11.7. The fourth-order valence-electron chi connectivity index (χ4n) is 1.74. The SMILES string of the molecule is CO[C@H](CNC(=O)Nc1cccs1)c1cccc(F)c1. The van der Waals surface area contributed by atoms with Crippen LogP contribution < -0.4 is 10.6 Å². The van der Waals surface area contributed by atoms with Crippen molar-refractivity contribution in [3.05, 3.63) is 53.2 Å². The van der Waals surface area contributed by atoms with Crippen molar-refractivity contribution in [2.24, 2.45) is 0 Å². The maximum Gasteiger partial charge on any atom is 0.319 e. The van der Waals surface area contributed by atoms with Crippen LogP contribution in [0, 0.1) is 5.82 Å². The van der Waals surface area contributed by atoms with Gasteiger partial charge in [0.2, 0.25) is 0 Å². The zero-order chi connectivity index (χ0) is 14.4. The van der Waals surface area contributed by atoms with Crippen LogP contribution in [-0.4, -0.2) is 19.7 Å². The number of carbonyl (C=O) groups is 1. The number of carbonyl (C=O) groups excluding carboxylic acids is 1. The highest BCUT2D eigenvalue weighted by Gasteiger charge is 2.12. The number of urea groups is 1. The molecular formula is C14H15FN2O2S. The molecule has 0 fully saturated rings. The lowest BCUT2D eigenvalue weighted by molar-refractivity contribution is 0.104. The zero-order valence-electron chi connectivity index (χ0n) is 10.9. The van der Waals surface area contributed by atoms with Crippen LogP contribution in [0.4, 0.5) is 14.2 Å². The van der Waals surface area contributed by atoms with Crippen LogP contribution in [0.2, 0.25) is 0 Å². The molecule has 0 aliphatic heterocycles. The molecular weight excluding hydrogens is 279 g/mol. The van der Waals surface area contributed by atoms with Crippen molar-refractivity contribution in [3.8, 4) is 0 Å². The fourth-order valence-corrected chi connectivity index (χ4v) is 2.35. The van der Waals surface area contributed by atoms with E-state index in [2.05, 4.69) is 10.6 Å². The van der Waals surface area contributed by atoms with Crippen LogP contribution in [-0.2, 0) is 4.74 Å². The van der Waals surface area contributed by atoms with Gasteiger partial charge in [0.15, 0.2) is 0 Å². The predicted molar refractivity (Wildman–Crippen MR) is 77.5 cm³/mol. The largest absolute Gasteiger partial charge is 0.375 e. The maximum absolute atomic E-state index is 13.2. The summed E-state index contributed by atoms with van der Waals surface area (Å²) < 4.78 is 18.4. The number of benzene rings is 1. The van der Waals surface area contributed by atoms with E-state index in [0.29, 0.717) is 5.56 Å². The van der Waals surface area contributed by atoms with Gasteiger partial charge in [0.05, 0.1) is 11.1 Å². The summed E-state index contributed by atoms with van der Waals surface area (Å²) in [4.78, 5) is 11.7. The molecule has 2 rings (SSSR count). The Balaban J connectivity index is 1.89. The third kappa shape index (κ3) is 4.04. The molecule has 1 heterocycles. The van der Waals surface area contributed by atoms with Crippen molar-refractivity contribution in [3.63, 3.8) is 0 Å². The van der Waals surface area contributed by atoms with Crippen LogP contribution in [0.3, 0.4) is 0 Å². The molecule has 6 heteroatoms. The molecule has 1 aromatic heterocycles. The molecule has 2 aromatic rings. The van der Waals surface area contributed by atoms with Crippen LogP contribution in [0.15, 0.2) is 41.8 Å². The van der Waals surface area contributed by atoms with Crippen LogP contribution >= 0.6 is 11.3 Å². The molecule has 0 radical (unpaired) electrons. The second kappa shape index (κ2) is 7.02. The van der Waals surface area contributed by atoms with E-state index in [1.165, 1.54) is 30.6 Å². The van der Waals surface area contributed by atoms with Gasteiger partial charge in [0.1, 0.15) is 5.82 Å². The average molecular weight is 294 g/mol. The fraction of sp³-hybridized carbons (Fsp3) is 0.214. The maximum atomic E-state index is 13.2. The highest BCUT2D eigenvalue weighted by atomic mass is 32.1. The molecule has 2 amide bonds. The number of hydrogen-bond donors (Lipinski definition) is 2. The van der Waals surface area contributed by atoms with Gasteiger partial charge in [-0.15, -0.1) is 11.3 Å². The van der Waals surface area contributed by atoms with Crippen LogP contribution in [0.1, 0.15) is 11.7 Å². The average Bonchev–Trinajstić information content (AvgIpc) is 2.92. The lowest BCUT2D eigenvalue weighted by Crippen LogP contribution is -2.32. The third-order valence-corrected chi connectivity index (χ3v) is 3.50. The molecule has 0 unspecified atom stereocenters. The third-order valence-electron chi connectivity index (χ3n) is 2.71. The summed E-state index contributed by atoms with van der Waals surface area (Å²) in [6.07, 6.45) is -0.389. The number of ether oxygens (including phenoxy) is 1. The highest BCUT2D eigenvalue weighted by molar-refractivity contribution is 7.14. The Morgan fingerprint density at radius 1 is 1.40 bits per heavy atom. The Hall–Kier alpha value is -1.92. The molecule has 20 heavy (non-hydrogen) atoms. The highest BCUT2D eigenvalue weighted by Crippen LogP contribution is 2.17. The summed E-state index contributed by atoms with van der Waals surface area (Å²) in [5.41, 5.74) is 0.684. The lowest BCUT2D eigenvalue weighted by atomic mass is 10.1. The summed E-state index contributed by atoms with van der Waals surface area (Å²) in [7, 11) is 1.52. The van der Waals surface area contributed by atoms with Gasteiger partial charge in [0, 0.05) is 13.7 Å². The Morgan fingerprint density at radius 3 is 2.90 bits per heavy atom. The minimum absolute atomic E-state index is 0.261. The van der Waals surface area contributed by atoms with Crippen molar-refractivity contribution in [2.45, 2.75) is 6.10 Å². The first-order valence-corrected chi connectivity index (χ1v) is 6.93. The Labute approximate surface area is 120 Å². The van der Waals surface area contributed by atoms with Crippen molar-refractivity contribution >= 4 is 22.4 Å². The van der Waals surface area contributed by atoms with Gasteiger partial charge in [-0.3, -0.25) is 5.32 Å². The second-order valence-electron chi connectivity index (χ2n) is 4.09. The molecule has 4 nitrogen and oxygen atoms in total. The molecule has 1 aromatic carbocycles. The Kier molecular flexibility index (Phi) is 5.09. The number of halogens is 1.